The standard InChI is InChI=1S/C20H22FN3O3/c1-26-17-7-2-14(3-8-17)4-11-19(25)24-16-5-9-18(10-6-16)27-20-22-12-15(21)13-23-20/h2-4,7-8,11-13,16,18H,5-6,9-10H2,1H3,(H,24,25)/b11-4+. The molecule has 1 heterocycles. The molecule has 1 aromatic heterocycles. The Bertz CT molecular complexity index is 770. The summed E-state index contributed by atoms with van der Waals surface area (Å²) in [6, 6.07) is 7.79. The lowest BCUT2D eigenvalue weighted by molar-refractivity contribution is -0.117. The van der Waals surface area contributed by atoms with E-state index in [0.717, 1.165) is 49.4 Å². The molecular formula is C20H22FN3O3. The molecule has 1 aliphatic rings. The number of amides is 1. The van der Waals surface area contributed by atoms with E-state index in [1.807, 2.05) is 24.3 Å². The Morgan fingerprint density at radius 3 is 2.44 bits per heavy atom. The highest BCUT2D eigenvalue weighted by molar-refractivity contribution is 5.91. The lowest BCUT2D eigenvalue weighted by Gasteiger charge is -2.28. The third-order valence-electron chi connectivity index (χ3n) is 4.43. The van der Waals surface area contributed by atoms with Crippen molar-refractivity contribution < 1.29 is 18.7 Å². The smallest absolute Gasteiger partial charge is 0.316 e. The summed E-state index contributed by atoms with van der Waals surface area (Å²) in [6.45, 7) is 0. The fourth-order valence-electron chi connectivity index (χ4n) is 2.97. The monoisotopic (exact) mass is 371 g/mol. The second-order valence-electron chi connectivity index (χ2n) is 6.39. The van der Waals surface area contributed by atoms with Gasteiger partial charge in [0.25, 0.3) is 0 Å². The summed E-state index contributed by atoms with van der Waals surface area (Å²) in [4.78, 5) is 19.7. The van der Waals surface area contributed by atoms with E-state index in [-0.39, 0.29) is 24.1 Å². The largest absolute Gasteiger partial charge is 0.497 e. The molecule has 1 aliphatic carbocycles. The fraction of sp³-hybridized carbons (Fsp3) is 0.350. The molecule has 0 bridgehead atoms. The first-order valence-electron chi connectivity index (χ1n) is 8.89. The van der Waals surface area contributed by atoms with Gasteiger partial charge in [0.15, 0.2) is 5.82 Å². The van der Waals surface area contributed by atoms with Crippen molar-refractivity contribution in [2.75, 3.05) is 7.11 Å². The van der Waals surface area contributed by atoms with E-state index in [2.05, 4.69) is 15.3 Å². The van der Waals surface area contributed by atoms with Gasteiger partial charge in [-0.2, -0.15) is 0 Å². The van der Waals surface area contributed by atoms with Gasteiger partial charge in [0, 0.05) is 12.1 Å². The minimum atomic E-state index is -0.489. The number of hydrogen-bond donors (Lipinski definition) is 1. The zero-order chi connectivity index (χ0) is 19.1. The molecule has 3 rings (SSSR count). The predicted molar refractivity (Wildman–Crippen MR) is 98.8 cm³/mol. The van der Waals surface area contributed by atoms with Crippen LogP contribution in [0.4, 0.5) is 4.39 Å². The van der Waals surface area contributed by atoms with E-state index in [9.17, 15) is 9.18 Å². The maximum Gasteiger partial charge on any atom is 0.316 e. The number of nitrogens with one attached hydrogen (secondary N) is 1. The van der Waals surface area contributed by atoms with Crippen LogP contribution in [0.2, 0.25) is 0 Å². The Balaban J connectivity index is 1.42. The quantitative estimate of drug-likeness (QED) is 0.790. The molecule has 1 N–H and O–H groups in total. The Hall–Kier alpha value is -2.96. The predicted octanol–water partition coefficient (Wildman–Crippen LogP) is 3.14. The Morgan fingerprint density at radius 1 is 1.15 bits per heavy atom. The normalized spacial score (nSPS) is 19.6. The minimum Gasteiger partial charge on any atom is -0.497 e. The van der Waals surface area contributed by atoms with Gasteiger partial charge in [-0.15, -0.1) is 0 Å². The molecule has 2 aromatic rings. The van der Waals surface area contributed by atoms with E-state index in [4.69, 9.17) is 9.47 Å². The van der Waals surface area contributed by atoms with E-state index in [0.29, 0.717) is 0 Å². The highest BCUT2D eigenvalue weighted by Gasteiger charge is 2.23. The lowest BCUT2D eigenvalue weighted by Crippen LogP contribution is -2.39. The van der Waals surface area contributed by atoms with Gasteiger partial charge in [0.05, 0.1) is 19.5 Å². The number of rotatable bonds is 6. The lowest BCUT2D eigenvalue weighted by atomic mass is 9.93. The molecule has 0 unspecified atom stereocenters. The zero-order valence-corrected chi connectivity index (χ0v) is 15.1. The van der Waals surface area contributed by atoms with Crippen molar-refractivity contribution in [2.24, 2.45) is 0 Å². The number of hydrogen-bond acceptors (Lipinski definition) is 5. The topological polar surface area (TPSA) is 73.3 Å². The van der Waals surface area contributed by atoms with Crippen molar-refractivity contribution in [2.45, 2.75) is 37.8 Å². The van der Waals surface area contributed by atoms with Crippen molar-refractivity contribution in [1.29, 1.82) is 0 Å². The van der Waals surface area contributed by atoms with Crippen molar-refractivity contribution in [1.82, 2.24) is 15.3 Å². The van der Waals surface area contributed by atoms with E-state index >= 15 is 0 Å². The van der Waals surface area contributed by atoms with E-state index in [1.165, 1.54) is 6.08 Å². The summed E-state index contributed by atoms with van der Waals surface area (Å²) >= 11 is 0. The maximum atomic E-state index is 12.8. The molecule has 0 saturated heterocycles. The van der Waals surface area contributed by atoms with Crippen LogP contribution < -0.4 is 14.8 Å². The highest BCUT2D eigenvalue weighted by atomic mass is 19.1. The molecule has 0 radical (unpaired) electrons. The van der Waals surface area contributed by atoms with Crippen LogP contribution in [-0.4, -0.2) is 35.1 Å². The van der Waals surface area contributed by atoms with Gasteiger partial charge in [-0.25, -0.2) is 14.4 Å². The molecule has 1 fully saturated rings. The Kier molecular flexibility index (Phi) is 6.35. The van der Waals surface area contributed by atoms with Crippen LogP contribution in [0, 0.1) is 5.82 Å². The molecule has 1 saturated carbocycles. The average Bonchev–Trinajstić information content (AvgIpc) is 2.70. The van der Waals surface area contributed by atoms with Gasteiger partial charge >= 0.3 is 6.01 Å². The number of methoxy groups -OCH3 is 1. The molecule has 27 heavy (non-hydrogen) atoms. The van der Waals surface area contributed by atoms with Crippen molar-refractivity contribution in [3.63, 3.8) is 0 Å². The van der Waals surface area contributed by atoms with Crippen molar-refractivity contribution in [3.05, 3.63) is 54.1 Å². The number of carbonyl (C=O) groups excluding carboxylic acids is 1. The average molecular weight is 371 g/mol. The summed E-state index contributed by atoms with van der Waals surface area (Å²) < 4.78 is 23.6. The summed E-state index contributed by atoms with van der Waals surface area (Å²) in [7, 11) is 1.62. The summed E-state index contributed by atoms with van der Waals surface area (Å²) in [5.74, 6) is 0.176. The molecule has 1 amide bonds. The van der Waals surface area contributed by atoms with Crippen LogP contribution in [0.3, 0.4) is 0 Å². The second-order valence-corrected chi connectivity index (χ2v) is 6.39. The molecule has 6 nitrogen and oxygen atoms in total. The van der Waals surface area contributed by atoms with Gasteiger partial charge in [0.2, 0.25) is 5.91 Å². The molecule has 0 atom stereocenters. The number of nitrogens with zero attached hydrogens (tertiary/aromatic N) is 2. The summed E-state index contributed by atoms with van der Waals surface area (Å²) in [6.07, 6.45) is 8.67. The molecule has 1 aromatic carbocycles. The third-order valence-corrected chi connectivity index (χ3v) is 4.43. The number of ether oxygens (including phenoxy) is 2. The van der Waals surface area contributed by atoms with Gasteiger partial charge in [0.1, 0.15) is 11.9 Å². The number of aromatic nitrogens is 2. The molecular weight excluding hydrogens is 349 g/mol. The molecule has 142 valence electrons. The molecule has 0 spiro atoms. The SMILES string of the molecule is COc1ccc(/C=C/C(=O)NC2CCC(Oc3ncc(F)cn3)CC2)cc1. The first-order chi connectivity index (χ1) is 13.1. The number of carbonyl (C=O) groups is 1. The van der Waals surface area contributed by atoms with Crippen LogP contribution in [-0.2, 0) is 4.79 Å². The highest BCUT2D eigenvalue weighted by Crippen LogP contribution is 2.22. The van der Waals surface area contributed by atoms with Crippen LogP contribution in [0.5, 0.6) is 11.8 Å². The first-order valence-corrected chi connectivity index (χ1v) is 8.89. The van der Waals surface area contributed by atoms with Gasteiger partial charge < -0.3 is 14.8 Å². The molecule has 7 heteroatoms. The third kappa shape index (κ3) is 5.77. The van der Waals surface area contributed by atoms with Crippen molar-refractivity contribution >= 4 is 12.0 Å². The number of halogens is 1. The summed E-state index contributed by atoms with van der Waals surface area (Å²) in [5, 5.41) is 3.02. The summed E-state index contributed by atoms with van der Waals surface area (Å²) in [5.41, 5.74) is 0.933. The van der Waals surface area contributed by atoms with E-state index in [1.54, 1.807) is 13.2 Å². The van der Waals surface area contributed by atoms with Crippen LogP contribution >= 0.6 is 0 Å². The van der Waals surface area contributed by atoms with Gasteiger partial charge in [-0.3, -0.25) is 4.79 Å². The van der Waals surface area contributed by atoms with Crippen molar-refractivity contribution in [3.8, 4) is 11.8 Å². The van der Waals surface area contributed by atoms with Gasteiger partial charge in [-0.05, 0) is 49.5 Å². The maximum absolute atomic E-state index is 12.8. The number of benzene rings is 1. The molecule has 0 aliphatic heterocycles. The minimum absolute atomic E-state index is 0.0153. The van der Waals surface area contributed by atoms with E-state index < -0.39 is 5.82 Å². The zero-order valence-electron chi connectivity index (χ0n) is 15.1. The fourth-order valence-corrected chi connectivity index (χ4v) is 2.97. The van der Waals surface area contributed by atoms with Gasteiger partial charge in [-0.1, -0.05) is 12.1 Å². The second kappa shape index (κ2) is 9.12. The van der Waals surface area contributed by atoms with Crippen LogP contribution in [0.25, 0.3) is 6.08 Å². The van der Waals surface area contributed by atoms with Crippen LogP contribution in [0.15, 0.2) is 42.7 Å². The first kappa shape index (κ1) is 18.8. The Labute approximate surface area is 157 Å². The van der Waals surface area contributed by atoms with Crippen LogP contribution in [0.1, 0.15) is 31.2 Å². The Morgan fingerprint density at radius 2 is 1.81 bits per heavy atom.